The van der Waals surface area contributed by atoms with Gasteiger partial charge in [-0.2, -0.15) is 0 Å². The first kappa shape index (κ1) is 29.5. The van der Waals surface area contributed by atoms with Crippen molar-refractivity contribution in [3.8, 4) is 5.75 Å². The molecule has 0 amide bonds. The Morgan fingerprint density at radius 1 is 0.923 bits per heavy atom. The van der Waals surface area contributed by atoms with E-state index in [2.05, 4.69) is 0 Å². The van der Waals surface area contributed by atoms with Gasteiger partial charge < -0.3 is 33.2 Å². The minimum absolute atomic E-state index is 0.136. The molecule has 5 atom stereocenters. The van der Waals surface area contributed by atoms with E-state index in [0.29, 0.717) is 26.4 Å². The van der Waals surface area contributed by atoms with Crippen molar-refractivity contribution in [2.45, 2.75) is 72.1 Å². The molecule has 8 nitrogen and oxygen atoms in total. The second-order valence-electron chi connectivity index (χ2n) is 11.7. The first-order chi connectivity index (χ1) is 18.6. The summed E-state index contributed by atoms with van der Waals surface area (Å²) in [5.74, 6) is -0.620. The van der Waals surface area contributed by atoms with Gasteiger partial charge in [0.1, 0.15) is 11.9 Å². The average Bonchev–Trinajstić information content (AvgIpc) is 3.38. The SMILES string of the molecule is COc1ccc(COC[C@H](COC(=O)C(C)(C)C)[C@H]2O[C@@H]3OC(C)(C)O[C@@H]3[C@@H]2COCc2ccccc2)cc1. The zero-order chi connectivity index (χ0) is 28.0. The van der Waals surface area contributed by atoms with Crippen molar-refractivity contribution in [2.24, 2.45) is 17.3 Å². The van der Waals surface area contributed by atoms with E-state index < -0.39 is 17.5 Å². The van der Waals surface area contributed by atoms with Gasteiger partial charge in [0.15, 0.2) is 12.1 Å². The van der Waals surface area contributed by atoms with Gasteiger partial charge in [-0.25, -0.2) is 0 Å². The van der Waals surface area contributed by atoms with Crippen molar-refractivity contribution in [2.75, 3.05) is 26.9 Å². The van der Waals surface area contributed by atoms with Gasteiger partial charge in [-0.15, -0.1) is 0 Å². The molecular formula is C31H42O8. The maximum Gasteiger partial charge on any atom is 0.311 e. The maximum absolute atomic E-state index is 12.6. The van der Waals surface area contributed by atoms with Crippen LogP contribution in [0, 0.1) is 17.3 Å². The standard InChI is InChI=1S/C31H42O8/c1-30(2,3)29(32)36-19-23(18-34-17-22-12-14-24(33-6)15-13-22)26-25(20-35-16-21-10-8-7-9-11-21)27-28(37-26)39-31(4,5)38-27/h7-15,23,25-28H,16-20H2,1-6H3/t23-,25-,26-,27-,28-/m1/s1. The highest BCUT2D eigenvalue weighted by Crippen LogP contribution is 2.43. The van der Waals surface area contributed by atoms with Gasteiger partial charge in [0.05, 0.1) is 51.7 Å². The normalized spacial score (nSPS) is 24.8. The van der Waals surface area contributed by atoms with Gasteiger partial charge in [0.2, 0.25) is 0 Å². The summed E-state index contributed by atoms with van der Waals surface area (Å²) in [4.78, 5) is 12.6. The van der Waals surface area contributed by atoms with E-state index in [0.717, 1.165) is 16.9 Å². The molecule has 0 radical (unpaired) electrons. The highest BCUT2D eigenvalue weighted by atomic mass is 16.8. The lowest BCUT2D eigenvalue weighted by Crippen LogP contribution is -2.41. The summed E-state index contributed by atoms with van der Waals surface area (Å²) >= 11 is 0. The fourth-order valence-corrected chi connectivity index (χ4v) is 4.82. The Morgan fingerprint density at radius 2 is 1.59 bits per heavy atom. The van der Waals surface area contributed by atoms with Crippen LogP contribution in [0.4, 0.5) is 0 Å². The van der Waals surface area contributed by atoms with Gasteiger partial charge in [0.25, 0.3) is 0 Å². The summed E-state index contributed by atoms with van der Waals surface area (Å²) in [5, 5.41) is 0. The lowest BCUT2D eigenvalue weighted by atomic mass is 9.90. The van der Waals surface area contributed by atoms with E-state index >= 15 is 0 Å². The summed E-state index contributed by atoms with van der Waals surface area (Å²) in [6, 6.07) is 17.8. The number of hydrogen-bond donors (Lipinski definition) is 0. The third-order valence-electron chi connectivity index (χ3n) is 6.91. The second kappa shape index (κ2) is 12.8. The van der Waals surface area contributed by atoms with Gasteiger partial charge in [-0.1, -0.05) is 42.5 Å². The van der Waals surface area contributed by atoms with Crippen LogP contribution in [-0.2, 0) is 46.4 Å². The molecule has 2 heterocycles. The summed E-state index contributed by atoms with van der Waals surface area (Å²) in [6.45, 7) is 11.0. The van der Waals surface area contributed by atoms with Gasteiger partial charge >= 0.3 is 5.97 Å². The fraction of sp³-hybridized carbons (Fsp3) is 0.581. The number of methoxy groups -OCH3 is 1. The number of fused-ring (bicyclic) bond motifs is 1. The number of benzene rings is 2. The molecule has 2 aromatic carbocycles. The summed E-state index contributed by atoms with van der Waals surface area (Å²) in [5.41, 5.74) is 1.49. The molecule has 2 saturated heterocycles. The highest BCUT2D eigenvalue weighted by Gasteiger charge is 2.56. The Bertz CT molecular complexity index is 1050. The molecule has 0 N–H and O–H groups in total. The second-order valence-corrected chi connectivity index (χ2v) is 11.7. The smallest absolute Gasteiger partial charge is 0.311 e. The van der Waals surface area contributed by atoms with Crippen LogP contribution in [-0.4, -0.2) is 57.2 Å². The largest absolute Gasteiger partial charge is 0.497 e. The van der Waals surface area contributed by atoms with Crippen LogP contribution in [0.15, 0.2) is 54.6 Å². The third kappa shape index (κ3) is 8.02. The predicted molar refractivity (Wildman–Crippen MR) is 145 cm³/mol. The number of carbonyl (C=O) groups is 1. The zero-order valence-electron chi connectivity index (χ0n) is 23.9. The maximum atomic E-state index is 12.6. The Balaban J connectivity index is 1.46. The molecule has 0 aromatic heterocycles. The molecule has 0 saturated carbocycles. The van der Waals surface area contributed by atoms with Crippen molar-refractivity contribution in [3.05, 3.63) is 65.7 Å². The fourth-order valence-electron chi connectivity index (χ4n) is 4.82. The molecule has 2 aliphatic rings. The number of ether oxygens (including phenoxy) is 7. The van der Waals surface area contributed by atoms with Crippen LogP contribution in [0.25, 0.3) is 0 Å². The van der Waals surface area contributed by atoms with E-state index in [1.807, 2.05) is 89.2 Å². The Morgan fingerprint density at radius 3 is 2.26 bits per heavy atom. The number of carbonyl (C=O) groups excluding carboxylic acids is 1. The summed E-state index contributed by atoms with van der Waals surface area (Å²) < 4.78 is 42.1. The van der Waals surface area contributed by atoms with Crippen molar-refractivity contribution in [3.63, 3.8) is 0 Å². The third-order valence-corrected chi connectivity index (χ3v) is 6.91. The molecule has 0 bridgehead atoms. The summed E-state index contributed by atoms with van der Waals surface area (Å²) in [7, 11) is 1.64. The first-order valence-corrected chi connectivity index (χ1v) is 13.6. The molecule has 214 valence electrons. The van der Waals surface area contributed by atoms with Crippen molar-refractivity contribution >= 4 is 5.97 Å². The molecular weight excluding hydrogens is 500 g/mol. The Labute approximate surface area is 231 Å². The molecule has 4 rings (SSSR count). The first-order valence-electron chi connectivity index (χ1n) is 13.6. The Kier molecular flexibility index (Phi) is 9.67. The number of esters is 1. The average molecular weight is 543 g/mol. The lowest BCUT2D eigenvalue weighted by molar-refractivity contribution is -0.222. The topological polar surface area (TPSA) is 81.7 Å². The van der Waals surface area contributed by atoms with Crippen molar-refractivity contribution in [1.29, 1.82) is 0 Å². The molecule has 2 fully saturated rings. The number of rotatable bonds is 12. The van der Waals surface area contributed by atoms with Crippen LogP contribution in [0.1, 0.15) is 45.7 Å². The predicted octanol–water partition coefficient (Wildman–Crippen LogP) is 5.13. The van der Waals surface area contributed by atoms with Crippen LogP contribution < -0.4 is 4.74 Å². The van der Waals surface area contributed by atoms with Crippen LogP contribution in [0.5, 0.6) is 5.75 Å². The van der Waals surface area contributed by atoms with Crippen molar-refractivity contribution < 1.29 is 38.0 Å². The molecule has 2 aromatic rings. The van der Waals surface area contributed by atoms with Crippen LogP contribution in [0.2, 0.25) is 0 Å². The van der Waals surface area contributed by atoms with Crippen LogP contribution >= 0.6 is 0 Å². The molecule has 0 aliphatic carbocycles. The van der Waals surface area contributed by atoms with Gasteiger partial charge in [-0.05, 0) is 57.9 Å². The van der Waals surface area contributed by atoms with E-state index in [1.165, 1.54) is 0 Å². The monoisotopic (exact) mass is 542 g/mol. The zero-order valence-corrected chi connectivity index (χ0v) is 23.9. The minimum atomic E-state index is -0.753. The molecule has 0 unspecified atom stereocenters. The molecule has 0 spiro atoms. The minimum Gasteiger partial charge on any atom is -0.497 e. The van der Waals surface area contributed by atoms with Gasteiger partial charge in [-0.3, -0.25) is 4.79 Å². The highest BCUT2D eigenvalue weighted by molar-refractivity contribution is 5.75. The van der Waals surface area contributed by atoms with E-state index in [4.69, 9.17) is 33.2 Å². The quantitative estimate of drug-likeness (QED) is 0.342. The molecule has 8 heteroatoms. The summed E-state index contributed by atoms with van der Waals surface area (Å²) in [6.07, 6.45) is -1.18. The van der Waals surface area contributed by atoms with Crippen LogP contribution in [0.3, 0.4) is 0 Å². The van der Waals surface area contributed by atoms with Crippen molar-refractivity contribution in [1.82, 2.24) is 0 Å². The van der Waals surface area contributed by atoms with E-state index in [-0.39, 0.29) is 36.6 Å². The lowest BCUT2D eigenvalue weighted by Gasteiger charge is -2.31. The Hall–Kier alpha value is -2.49. The molecule has 39 heavy (non-hydrogen) atoms. The van der Waals surface area contributed by atoms with E-state index in [1.54, 1.807) is 7.11 Å². The van der Waals surface area contributed by atoms with E-state index in [9.17, 15) is 4.79 Å². The molecule has 2 aliphatic heterocycles. The number of hydrogen-bond acceptors (Lipinski definition) is 8. The van der Waals surface area contributed by atoms with Gasteiger partial charge in [0, 0.05) is 11.8 Å².